The van der Waals surface area contributed by atoms with E-state index < -0.39 is 0 Å². The van der Waals surface area contributed by atoms with Crippen molar-refractivity contribution in [1.29, 1.82) is 0 Å². The summed E-state index contributed by atoms with van der Waals surface area (Å²) in [6.45, 7) is 3.27. The number of nitrogens with one attached hydrogen (secondary N) is 2. The van der Waals surface area contributed by atoms with Crippen LogP contribution in [0.5, 0.6) is 0 Å². The van der Waals surface area contributed by atoms with Crippen molar-refractivity contribution in [1.82, 2.24) is 15.5 Å². The Morgan fingerprint density at radius 3 is 2.75 bits per heavy atom. The van der Waals surface area contributed by atoms with Crippen LogP contribution in [0.3, 0.4) is 0 Å². The number of likely N-dealkylation sites (N-methyl/N-ethyl adjacent to an activating group) is 2. The maximum Gasteiger partial charge on any atom is 0.0486 e. The highest BCUT2D eigenvalue weighted by atomic mass is 15.2. The molecule has 1 saturated heterocycles. The zero-order chi connectivity index (χ0) is 13.9. The molecule has 0 aliphatic carbocycles. The summed E-state index contributed by atoms with van der Waals surface area (Å²) in [6.07, 6.45) is 0. The Labute approximate surface area is 121 Å². The first-order valence-electron chi connectivity index (χ1n) is 7.36. The zero-order valence-corrected chi connectivity index (χ0v) is 12.3. The van der Waals surface area contributed by atoms with Gasteiger partial charge in [0.05, 0.1) is 0 Å². The predicted molar refractivity (Wildman–Crippen MR) is 85.0 cm³/mol. The van der Waals surface area contributed by atoms with Gasteiger partial charge >= 0.3 is 0 Å². The topological polar surface area (TPSA) is 27.3 Å². The zero-order valence-electron chi connectivity index (χ0n) is 12.3. The molecule has 0 bridgehead atoms. The van der Waals surface area contributed by atoms with Crippen LogP contribution < -0.4 is 10.6 Å². The number of rotatable bonds is 3. The van der Waals surface area contributed by atoms with E-state index in [0.717, 1.165) is 19.6 Å². The SMILES string of the molecule is CNC(c1ccc2ccccc2c1)C1CN(C)CCN1. The van der Waals surface area contributed by atoms with Gasteiger partial charge in [0.25, 0.3) is 0 Å². The lowest BCUT2D eigenvalue weighted by Crippen LogP contribution is -2.54. The average Bonchev–Trinajstić information content (AvgIpc) is 2.48. The molecule has 0 spiro atoms. The van der Waals surface area contributed by atoms with E-state index in [-0.39, 0.29) is 0 Å². The van der Waals surface area contributed by atoms with Crippen LogP contribution in [-0.2, 0) is 0 Å². The second-order valence-electron chi connectivity index (χ2n) is 5.70. The van der Waals surface area contributed by atoms with Gasteiger partial charge in [-0.2, -0.15) is 0 Å². The molecular weight excluding hydrogens is 246 g/mol. The fourth-order valence-corrected chi connectivity index (χ4v) is 3.16. The molecule has 3 rings (SSSR count). The summed E-state index contributed by atoms with van der Waals surface area (Å²) in [5.41, 5.74) is 1.36. The third-order valence-electron chi connectivity index (χ3n) is 4.25. The lowest BCUT2D eigenvalue weighted by molar-refractivity contribution is 0.210. The molecule has 2 N–H and O–H groups in total. The monoisotopic (exact) mass is 269 g/mol. The molecule has 2 unspecified atom stereocenters. The van der Waals surface area contributed by atoms with E-state index >= 15 is 0 Å². The van der Waals surface area contributed by atoms with Gasteiger partial charge in [-0.1, -0.05) is 36.4 Å². The second-order valence-corrected chi connectivity index (χ2v) is 5.70. The van der Waals surface area contributed by atoms with Gasteiger partial charge in [-0.3, -0.25) is 0 Å². The molecule has 3 nitrogen and oxygen atoms in total. The summed E-state index contributed by atoms with van der Waals surface area (Å²) in [5.74, 6) is 0. The van der Waals surface area contributed by atoms with E-state index in [1.165, 1.54) is 16.3 Å². The van der Waals surface area contributed by atoms with E-state index in [1.54, 1.807) is 0 Å². The van der Waals surface area contributed by atoms with Crippen molar-refractivity contribution in [2.75, 3.05) is 33.7 Å². The average molecular weight is 269 g/mol. The second kappa shape index (κ2) is 5.92. The Kier molecular flexibility index (Phi) is 4.01. The summed E-state index contributed by atoms with van der Waals surface area (Å²) in [6, 6.07) is 16.1. The van der Waals surface area contributed by atoms with Gasteiger partial charge in [-0.25, -0.2) is 0 Å². The van der Waals surface area contributed by atoms with Crippen molar-refractivity contribution in [3.63, 3.8) is 0 Å². The Morgan fingerprint density at radius 1 is 1.20 bits per heavy atom. The largest absolute Gasteiger partial charge is 0.312 e. The molecule has 2 aromatic carbocycles. The predicted octanol–water partition coefficient (Wildman–Crippen LogP) is 2.00. The molecule has 1 heterocycles. The van der Waals surface area contributed by atoms with Crippen LogP contribution in [-0.4, -0.2) is 44.7 Å². The van der Waals surface area contributed by atoms with Crippen LogP contribution in [0.2, 0.25) is 0 Å². The molecule has 1 aliphatic heterocycles. The van der Waals surface area contributed by atoms with Crippen molar-refractivity contribution in [3.05, 3.63) is 48.0 Å². The highest BCUT2D eigenvalue weighted by molar-refractivity contribution is 5.83. The molecule has 0 radical (unpaired) electrons. The van der Waals surface area contributed by atoms with E-state index in [2.05, 4.69) is 72.1 Å². The fraction of sp³-hybridized carbons (Fsp3) is 0.412. The summed E-state index contributed by atoms with van der Waals surface area (Å²) >= 11 is 0. The molecule has 0 saturated carbocycles. The Balaban J connectivity index is 1.90. The first-order chi connectivity index (χ1) is 9.78. The molecular formula is C17H23N3. The standard InChI is InChI=1S/C17H23N3/c1-18-17(16-12-20(2)10-9-19-16)15-8-7-13-5-3-4-6-14(13)11-15/h3-8,11,16-19H,9-10,12H2,1-2H3. The van der Waals surface area contributed by atoms with Crippen LogP contribution in [0.15, 0.2) is 42.5 Å². The number of benzene rings is 2. The lowest BCUT2D eigenvalue weighted by Gasteiger charge is -2.36. The number of nitrogens with zero attached hydrogens (tertiary/aromatic N) is 1. The highest BCUT2D eigenvalue weighted by Crippen LogP contribution is 2.23. The molecule has 1 fully saturated rings. The van der Waals surface area contributed by atoms with E-state index in [1.807, 2.05) is 0 Å². The van der Waals surface area contributed by atoms with Gasteiger partial charge in [-0.05, 0) is 36.5 Å². The van der Waals surface area contributed by atoms with Crippen molar-refractivity contribution in [2.24, 2.45) is 0 Å². The minimum atomic E-state index is 0.349. The lowest BCUT2D eigenvalue weighted by atomic mass is 9.95. The first kappa shape index (κ1) is 13.6. The third kappa shape index (κ3) is 2.70. The Bertz CT molecular complexity index is 581. The maximum atomic E-state index is 3.64. The summed E-state index contributed by atoms with van der Waals surface area (Å²) < 4.78 is 0. The number of hydrogen-bond acceptors (Lipinski definition) is 3. The van der Waals surface area contributed by atoms with Gasteiger partial charge in [0.2, 0.25) is 0 Å². The van der Waals surface area contributed by atoms with Crippen molar-refractivity contribution >= 4 is 10.8 Å². The first-order valence-corrected chi connectivity index (χ1v) is 7.36. The summed E-state index contributed by atoms with van der Waals surface area (Å²) in [7, 11) is 4.25. The van der Waals surface area contributed by atoms with E-state index in [4.69, 9.17) is 0 Å². The molecule has 2 atom stereocenters. The van der Waals surface area contributed by atoms with Crippen molar-refractivity contribution in [2.45, 2.75) is 12.1 Å². The smallest absolute Gasteiger partial charge is 0.0486 e. The minimum absolute atomic E-state index is 0.349. The van der Waals surface area contributed by atoms with Crippen LogP contribution in [0.4, 0.5) is 0 Å². The molecule has 1 aliphatic rings. The molecule has 20 heavy (non-hydrogen) atoms. The number of hydrogen-bond donors (Lipinski definition) is 2. The van der Waals surface area contributed by atoms with Crippen LogP contribution in [0, 0.1) is 0 Å². The normalized spacial score (nSPS) is 22.0. The van der Waals surface area contributed by atoms with Crippen LogP contribution >= 0.6 is 0 Å². The third-order valence-corrected chi connectivity index (χ3v) is 4.25. The molecule has 0 amide bonds. The fourth-order valence-electron chi connectivity index (χ4n) is 3.16. The number of piperazine rings is 1. The van der Waals surface area contributed by atoms with Gasteiger partial charge in [-0.15, -0.1) is 0 Å². The Morgan fingerprint density at radius 2 is 2.00 bits per heavy atom. The molecule has 0 aromatic heterocycles. The van der Waals surface area contributed by atoms with E-state index in [0.29, 0.717) is 12.1 Å². The van der Waals surface area contributed by atoms with Gasteiger partial charge in [0.15, 0.2) is 0 Å². The summed E-state index contributed by atoms with van der Waals surface area (Å²) in [4.78, 5) is 2.40. The summed E-state index contributed by atoms with van der Waals surface area (Å²) in [5, 5.41) is 9.75. The number of fused-ring (bicyclic) bond motifs is 1. The van der Waals surface area contributed by atoms with Crippen molar-refractivity contribution < 1.29 is 0 Å². The van der Waals surface area contributed by atoms with E-state index in [9.17, 15) is 0 Å². The molecule has 3 heteroatoms. The quantitative estimate of drug-likeness (QED) is 0.892. The van der Waals surface area contributed by atoms with Crippen molar-refractivity contribution in [3.8, 4) is 0 Å². The minimum Gasteiger partial charge on any atom is -0.312 e. The van der Waals surface area contributed by atoms with Gasteiger partial charge in [0, 0.05) is 31.7 Å². The van der Waals surface area contributed by atoms with Crippen LogP contribution in [0.1, 0.15) is 11.6 Å². The van der Waals surface area contributed by atoms with Gasteiger partial charge < -0.3 is 15.5 Å². The van der Waals surface area contributed by atoms with Gasteiger partial charge in [0.1, 0.15) is 0 Å². The molecule has 106 valence electrons. The van der Waals surface area contributed by atoms with Crippen LogP contribution in [0.25, 0.3) is 10.8 Å². The maximum absolute atomic E-state index is 3.64. The highest BCUT2D eigenvalue weighted by Gasteiger charge is 2.25. The molecule has 2 aromatic rings. The Hall–Kier alpha value is -1.42.